The number of carbonyl (C=O) groups is 1. The molecule has 7 rings (SSSR count). The molecule has 6 heterocycles. The number of aryl methyl sites for hydroxylation is 1. The van der Waals surface area contributed by atoms with E-state index in [-0.39, 0.29) is 0 Å². The Morgan fingerprint density at radius 2 is 1.92 bits per heavy atom. The van der Waals surface area contributed by atoms with Crippen molar-refractivity contribution < 1.29 is 24.1 Å². The molecule has 0 aliphatic carbocycles. The molecule has 260 valence electrons. The number of hydrogen-bond acceptors (Lipinski definition) is 10. The molecule has 3 aromatic rings. The lowest BCUT2D eigenvalue weighted by Gasteiger charge is -2.37. The molecule has 0 saturated carbocycles. The van der Waals surface area contributed by atoms with Crippen LogP contribution >= 0.6 is 0 Å². The minimum atomic E-state index is -1.16. The van der Waals surface area contributed by atoms with Crippen molar-refractivity contribution in [2.45, 2.75) is 77.3 Å². The van der Waals surface area contributed by atoms with Crippen LogP contribution in [0.5, 0.6) is 6.01 Å². The van der Waals surface area contributed by atoms with Crippen molar-refractivity contribution in [3.05, 3.63) is 35.2 Å². The number of morpholine rings is 1. The highest BCUT2D eigenvalue weighted by Gasteiger charge is 2.38. The fourth-order valence-electron chi connectivity index (χ4n) is 7.50. The van der Waals surface area contributed by atoms with Crippen LogP contribution in [-0.2, 0) is 29.2 Å². The number of piperazine rings is 1. The summed E-state index contributed by atoms with van der Waals surface area (Å²) in [6, 6.07) is 6.39. The minimum Gasteiger partial charge on any atom is -0.465 e. The molecule has 3 fully saturated rings. The fourth-order valence-corrected chi connectivity index (χ4v) is 8.26. The second kappa shape index (κ2) is 13.8. The third kappa shape index (κ3) is 7.12. The van der Waals surface area contributed by atoms with Crippen LogP contribution in [0.4, 0.5) is 16.3 Å². The Hall–Kier alpha value is -3.46. The van der Waals surface area contributed by atoms with Gasteiger partial charge in [0, 0.05) is 77.5 Å². The highest BCUT2D eigenvalue weighted by Crippen LogP contribution is 2.36. The van der Waals surface area contributed by atoms with Crippen molar-refractivity contribution in [2.24, 2.45) is 0 Å². The molecule has 13 nitrogen and oxygen atoms in total. The number of likely N-dealkylation sites (tertiary alicyclic amines) is 1. The molecule has 4 aliphatic heterocycles. The van der Waals surface area contributed by atoms with Gasteiger partial charge < -0.3 is 34.0 Å². The van der Waals surface area contributed by atoms with Crippen LogP contribution < -0.4 is 14.5 Å². The van der Waals surface area contributed by atoms with E-state index < -0.39 is 14.2 Å². The zero-order chi connectivity index (χ0) is 33.4. The van der Waals surface area contributed by atoms with E-state index in [4.69, 9.17) is 29.3 Å². The molecular weight excluding hydrogens is 629 g/mol. The molecule has 0 radical (unpaired) electrons. The zero-order valence-electron chi connectivity index (χ0n) is 28.9. The predicted molar refractivity (Wildman–Crippen MR) is 187 cm³/mol. The number of aromatic nitrogens is 4. The van der Waals surface area contributed by atoms with Gasteiger partial charge in [-0.3, -0.25) is 4.90 Å². The van der Waals surface area contributed by atoms with Crippen LogP contribution in [0.3, 0.4) is 0 Å². The standard InChI is InChI=1S/C34H50N8O5Si/c1-24-6-7-30-28(19-35-42(30)23-45-16-17-48(2,3)4)31(24)41-10-8-27-29(21-41)36-33(37-32(27)38-11-13-39(14-12-38)34(43)44)46-15-5-9-40-20-26-18-25(40)22-47-26/h6-7,19,25-26H,5,8-18,20-23H2,1-4H3,(H,43,44)/t25-,26-/m0/s1. The lowest BCUT2D eigenvalue weighted by atomic mass is 10.0. The van der Waals surface area contributed by atoms with Gasteiger partial charge in [-0.2, -0.15) is 15.1 Å². The molecule has 2 atom stereocenters. The lowest BCUT2D eigenvalue weighted by Crippen LogP contribution is -2.49. The number of amides is 1. The fraction of sp³-hybridized carbons (Fsp3) is 0.647. The Morgan fingerprint density at radius 1 is 1.08 bits per heavy atom. The van der Waals surface area contributed by atoms with E-state index in [1.807, 2.05) is 10.9 Å². The molecule has 2 aromatic heterocycles. The third-order valence-corrected chi connectivity index (χ3v) is 11.9. The molecule has 1 aromatic carbocycles. The van der Waals surface area contributed by atoms with Gasteiger partial charge in [0.15, 0.2) is 0 Å². The van der Waals surface area contributed by atoms with Crippen molar-refractivity contribution in [2.75, 3.05) is 75.4 Å². The van der Waals surface area contributed by atoms with Gasteiger partial charge >= 0.3 is 12.1 Å². The quantitative estimate of drug-likeness (QED) is 0.221. The summed E-state index contributed by atoms with van der Waals surface area (Å²) >= 11 is 0. The van der Waals surface area contributed by atoms with E-state index in [0.717, 1.165) is 86.1 Å². The highest BCUT2D eigenvalue weighted by atomic mass is 28.3. The molecule has 1 N–H and O–H groups in total. The Labute approximate surface area is 283 Å². The topological polar surface area (TPSA) is 122 Å². The predicted octanol–water partition coefficient (Wildman–Crippen LogP) is 4.05. The number of hydrogen-bond donors (Lipinski definition) is 1. The number of rotatable bonds is 12. The summed E-state index contributed by atoms with van der Waals surface area (Å²) in [6.07, 6.45) is 4.31. The molecule has 4 aliphatic rings. The molecule has 1 amide bonds. The maximum absolute atomic E-state index is 11.6. The molecule has 0 spiro atoms. The summed E-state index contributed by atoms with van der Waals surface area (Å²) in [6.45, 7) is 17.4. The maximum Gasteiger partial charge on any atom is 0.407 e. The number of nitrogens with zero attached hydrogens (tertiary/aromatic N) is 8. The van der Waals surface area contributed by atoms with Crippen molar-refractivity contribution in [3.63, 3.8) is 0 Å². The maximum atomic E-state index is 11.6. The summed E-state index contributed by atoms with van der Waals surface area (Å²) in [4.78, 5) is 30.2. The Bertz CT molecular complexity index is 1620. The van der Waals surface area contributed by atoms with Crippen molar-refractivity contribution in [1.82, 2.24) is 29.5 Å². The SMILES string of the molecule is Cc1ccc2c(cnn2COCC[Si](C)(C)C)c1N1CCc2c(nc(OCCCN3C[C@@H]4C[C@H]3CO4)nc2N2CCN(C(=O)O)CC2)C1. The van der Waals surface area contributed by atoms with Crippen LogP contribution in [-0.4, -0.2) is 127 Å². The van der Waals surface area contributed by atoms with Crippen molar-refractivity contribution in [1.29, 1.82) is 0 Å². The molecular formula is C34H50N8O5Si. The number of fused-ring (bicyclic) bond motifs is 4. The lowest BCUT2D eigenvalue weighted by molar-refractivity contribution is 0.0287. The largest absolute Gasteiger partial charge is 0.465 e. The van der Waals surface area contributed by atoms with Crippen LogP contribution in [0.25, 0.3) is 10.9 Å². The van der Waals surface area contributed by atoms with E-state index in [9.17, 15) is 9.90 Å². The zero-order valence-corrected chi connectivity index (χ0v) is 29.9. The molecule has 14 heteroatoms. The second-order valence-corrected chi connectivity index (χ2v) is 20.5. The van der Waals surface area contributed by atoms with E-state index in [0.29, 0.717) is 64.2 Å². The van der Waals surface area contributed by atoms with Gasteiger partial charge in [0.25, 0.3) is 0 Å². The normalized spacial score (nSPS) is 21.4. The van der Waals surface area contributed by atoms with Crippen molar-refractivity contribution in [3.8, 4) is 6.01 Å². The van der Waals surface area contributed by atoms with Crippen molar-refractivity contribution >= 4 is 36.6 Å². The Morgan fingerprint density at radius 3 is 2.65 bits per heavy atom. The van der Waals surface area contributed by atoms with Crippen LogP contribution in [0.1, 0.15) is 29.7 Å². The first-order valence-corrected chi connectivity index (χ1v) is 21.2. The summed E-state index contributed by atoms with van der Waals surface area (Å²) in [5, 5.41) is 15.4. The summed E-state index contributed by atoms with van der Waals surface area (Å²) in [5.74, 6) is 0.881. The van der Waals surface area contributed by atoms with Gasteiger partial charge in [0.2, 0.25) is 0 Å². The van der Waals surface area contributed by atoms with Crippen LogP contribution in [0.15, 0.2) is 18.3 Å². The number of ether oxygens (including phenoxy) is 3. The number of anilines is 2. The van der Waals surface area contributed by atoms with E-state index >= 15 is 0 Å². The van der Waals surface area contributed by atoms with Gasteiger partial charge in [0.1, 0.15) is 12.5 Å². The summed E-state index contributed by atoms with van der Waals surface area (Å²) in [7, 11) is -1.16. The summed E-state index contributed by atoms with van der Waals surface area (Å²) in [5.41, 5.74) is 5.53. The van der Waals surface area contributed by atoms with Gasteiger partial charge in [-0.25, -0.2) is 9.48 Å². The summed E-state index contributed by atoms with van der Waals surface area (Å²) < 4.78 is 20.0. The van der Waals surface area contributed by atoms with Crippen LogP contribution in [0.2, 0.25) is 25.7 Å². The van der Waals surface area contributed by atoms with Gasteiger partial charge in [-0.1, -0.05) is 25.7 Å². The molecule has 48 heavy (non-hydrogen) atoms. The first kappa shape index (κ1) is 33.1. The van der Waals surface area contributed by atoms with Crippen LogP contribution in [0, 0.1) is 6.92 Å². The van der Waals surface area contributed by atoms with E-state index in [1.54, 1.807) is 0 Å². The smallest absolute Gasteiger partial charge is 0.407 e. The molecule has 3 saturated heterocycles. The van der Waals surface area contributed by atoms with Gasteiger partial charge in [-0.15, -0.1) is 0 Å². The average Bonchev–Trinajstić information content (AvgIpc) is 3.80. The molecule has 0 unspecified atom stereocenters. The Balaban J connectivity index is 1.09. The number of benzene rings is 1. The van der Waals surface area contributed by atoms with Gasteiger partial charge in [-0.05, 0) is 43.9 Å². The minimum absolute atomic E-state index is 0.393. The molecule has 2 bridgehead atoms. The monoisotopic (exact) mass is 678 g/mol. The third-order valence-electron chi connectivity index (χ3n) is 10.2. The Kier molecular flexibility index (Phi) is 9.51. The van der Waals surface area contributed by atoms with Gasteiger partial charge in [0.05, 0.1) is 49.0 Å². The highest BCUT2D eigenvalue weighted by molar-refractivity contribution is 6.76. The number of carboxylic acid groups (broad SMARTS) is 1. The van der Waals surface area contributed by atoms with E-state index in [1.165, 1.54) is 16.2 Å². The first-order valence-electron chi connectivity index (χ1n) is 17.5. The second-order valence-electron chi connectivity index (χ2n) is 14.9. The average molecular weight is 679 g/mol. The first-order chi connectivity index (χ1) is 23.1. The van der Waals surface area contributed by atoms with E-state index in [2.05, 4.69) is 53.4 Å².